The first-order valence-corrected chi connectivity index (χ1v) is 8.21. The van der Waals surface area contributed by atoms with Crippen LogP contribution >= 0.6 is 0 Å². The zero-order valence-electron chi connectivity index (χ0n) is 15.3. The summed E-state index contributed by atoms with van der Waals surface area (Å²) in [6, 6.07) is 12.9. The van der Waals surface area contributed by atoms with E-state index in [9.17, 15) is 9.90 Å². The molecule has 0 amide bonds. The van der Waals surface area contributed by atoms with Crippen molar-refractivity contribution >= 4 is 16.9 Å². The van der Waals surface area contributed by atoms with Crippen molar-refractivity contribution < 1.29 is 44.2 Å². The first-order valence-electron chi connectivity index (χ1n) is 8.21. The minimum atomic E-state index is -1.11. The van der Waals surface area contributed by atoms with Crippen molar-refractivity contribution in [2.75, 3.05) is 7.11 Å². The third kappa shape index (κ3) is 4.68. The summed E-state index contributed by atoms with van der Waals surface area (Å²) in [7, 11) is 1.61. The molecular weight excluding hydrogens is 339 g/mol. The maximum Gasteiger partial charge on any atom is 1.00 e. The molecule has 0 saturated heterocycles. The number of rotatable bonds is 7. The Kier molecular flexibility index (Phi) is 7.29. The number of H-pyrrole nitrogens is 1. The Bertz CT molecular complexity index is 892. The summed E-state index contributed by atoms with van der Waals surface area (Å²) in [4.78, 5) is 14.8. The van der Waals surface area contributed by atoms with Crippen molar-refractivity contribution in [3.63, 3.8) is 0 Å². The standard InChI is InChI=1S/C20H22N2O3.Na/c1-13-7-8-19(25-2)15(9-13)12-22-18(20(23)24)10-14-11-21-17-6-4-3-5-16(14)17;/h3-9,11,18,21-22H,10,12H2,1-2H3,(H,23,24);/q;+1/p-1/t18-;/m0./s1. The molecule has 0 aliphatic rings. The van der Waals surface area contributed by atoms with Crippen LogP contribution in [0, 0.1) is 6.92 Å². The van der Waals surface area contributed by atoms with Gasteiger partial charge in [0.25, 0.3) is 0 Å². The number of aryl methyl sites for hydroxylation is 1. The van der Waals surface area contributed by atoms with Crippen LogP contribution < -0.4 is 44.7 Å². The van der Waals surface area contributed by atoms with Crippen LogP contribution in [-0.2, 0) is 17.8 Å². The number of hydrogen-bond donors (Lipinski definition) is 2. The van der Waals surface area contributed by atoms with Gasteiger partial charge in [0.15, 0.2) is 0 Å². The third-order valence-electron chi connectivity index (χ3n) is 4.36. The number of carboxylic acid groups (broad SMARTS) is 1. The van der Waals surface area contributed by atoms with Gasteiger partial charge in [0.2, 0.25) is 0 Å². The summed E-state index contributed by atoms with van der Waals surface area (Å²) in [5, 5.41) is 15.7. The average molecular weight is 360 g/mol. The smallest absolute Gasteiger partial charge is 0.548 e. The molecule has 2 N–H and O–H groups in total. The molecule has 3 aromatic rings. The number of carbonyl (C=O) groups excluding carboxylic acids is 1. The van der Waals surface area contributed by atoms with E-state index in [1.165, 1.54) is 0 Å². The van der Waals surface area contributed by atoms with Crippen LogP contribution in [0.15, 0.2) is 48.7 Å². The monoisotopic (exact) mass is 360 g/mol. The first-order chi connectivity index (χ1) is 12.1. The Morgan fingerprint density at radius 2 is 2.00 bits per heavy atom. The van der Waals surface area contributed by atoms with Crippen LogP contribution in [0.3, 0.4) is 0 Å². The minimum absolute atomic E-state index is 0. The topological polar surface area (TPSA) is 77.2 Å². The number of fused-ring (bicyclic) bond motifs is 1. The van der Waals surface area contributed by atoms with Crippen molar-refractivity contribution in [1.29, 1.82) is 0 Å². The molecule has 1 aromatic heterocycles. The molecule has 130 valence electrons. The normalized spacial score (nSPS) is 11.8. The molecule has 1 heterocycles. The Morgan fingerprint density at radius 1 is 1.23 bits per heavy atom. The molecule has 5 nitrogen and oxygen atoms in total. The van der Waals surface area contributed by atoms with Crippen LogP contribution in [0.25, 0.3) is 10.9 Å². The number of methoxy groups -OCH3 is 1. The van der Waals surface area contributed by atoms with E-state index in [-0.39, 0.29) is 29.6 Å². The number of ether oxygens (including phenoxy) is 1. The summed E-state index contributed by atoms with van der Waals surface area (Å²) in [6.45, 7) is 2.39. The van der Waals surface area contributed by atoms with Crippen molar-refractivity contribution in [3.05, 3.63) is 65.4 Å². The molecule has 0 radical (unpaired) electrons. The molecule has 6 heteroatoms. The summed E-state index contributed by atoms with van der Waals surface area (Å²) < 4.78 is 5.35. The second kappa shape index (κ2) is 9.24. The predicted molar refractivity (Wildman–Crippen MR) is 95.4 cm³/mol. The van der Waals surface area contributed by atoms with E-state index >= 15 is 0 Å². The number of para-hydroxylation sites is 1. The van der Waals surface area contributed by atoms with Gasteiger partial charge in [0, 0.05) is 29.2 Å². The number of benzene rings is 2. The van der Waals surface area contributed by atoms with E-state index in [2.05, 4.69) is 10.3 Å². The van der Waals surface area contributed by atoms with Crippen molar-refractivity contribution in [1.82, 2.24) is 10.3 Å². The number of nitrogens with one attached hydrogen (secondary N) is 2. The maximum atomic E-state index is 11.6. The molecule has 0 aliphatic carbocycles. The molecule has 0 unspecified atom stereocenters. The summed E-state index contributed by atoms with van der Waals surface area (Å²) >= 11 is 0. The van der Waals surface area contributed by atoms with Crippen LogP contribution in [0.5, 0.6) is 5.75 Å². The van der Waals surface area contributed by atoms with Gasteiger partial charge in [-0.2, -0.15) is 0 Å². The number of aliphatic carboxylic acids is 1. The van der Waals surface area contributed by atoms with Gasteiger partial charge in [0.05, 0.1) is 19.1 Å². The molecule has 0 fully saturated rings. The molecule has 0 saturated carbocycles. The molecular formula is C20H21N2NaO3. The Balaban J connectivity index is 0.00000243. The van der Waals surface area contributed by atoms with Gasteiger partial charge in [-0.25, -0.2) is 0 Å². The van der Waals surface area contributed by atoms with Gasteiger partial charge in [0.1, 0.15) is 5.75 Å². The quantitative estimate of drug-likeness (QED) is 0.527. The maximum absolute atomic E-state index is 11.6. The van der Waals surface area contributed by atoms with Crippen LogP contribution in [0.1, 0.15) is 16.7 Å². The van der Waals surface area contributed by atoms with E-state index in [1.54, 1.807) is 7.11 Å². The number of carboxylic acids is 1. The van der Waals surface area contributed by atoms with E-state index in [4.69, 9.17) is 4.74 Å². The molecule has 3 rings (SSSR count). The largest absolute Gasteiger partial charge is 1.00 e. The summed E-state index contributed by atoms with van der Waals surface area (Å²) in [6.07, 6.45) is 2.20. The molecule has 0 aliphatic heterocycles. The Hall–Kier alpha value is -1.79. The SMILES string of the molecule is COc1ccc(C)cc1CN[C@@H](Cc1c[nH]c2ccccc12)C(=O)[O-].[Na+]. The fourth-order valence-corrected chi connectivity index (χ4v) is 3.04. The van der Waals surface area contributed by atoms with Crippen molar-refractivity contribution in [2.45, 2.75) is 25.9 Å². The second-order valence-electron chi connectivity index (χ2n) is 6.13. The molecule has 1 atom stereocenters. The number of aromatic amines is 1. The van der Waals surface area contributed by atoms with E-state index in [0.29, 0.717) is 13.0 Å². The van der Waals surface area contributed by atoms with Crippen LogP contribution in [0.4, 0.5) is 0 Å². The van der Waals surface area contributed by atoms with E-state index in [0.717, 1.165) is 33.3 Å². The second-order valence-corrected chi connectivity index (χ2v) is 6.13. The molecule has 0 bridgehead atoms. The van der Waals surface area contributed by atoms with Gasteiger partial charge in [-0.1, -0.05) is 35.9 Å². The van der Waals surface area contributed by atoms with Gasteiger partial charge in [-0.3, -0.25) is 0 Å². The average Bonchev–Trinajstić information content (AvgIpc) is 3.01. The van der Waals surface area contributed by atoms with Crippen molar-refractivity contribution in [2.24, 2.45) is 0 Å². The predicted octanol–water partition coefficient (Wildman–Crippen LogP) is -1.06. The Labute approximate surface area is 175 Å². The summed E-state index contributed by atoms with van der Waals surface area (Å²) in [5.74, 6) is -0.376. The minimum Gasteiger partial charge on any atom is -0.548 e. The zero-order valence-corrected chi connectivity index (χ0v) is 17.3. The molecule has 0 spiro atoms. The fourth-order valence-electron chi connectivity index (χ4n) is 3.04. The first kappa shape index (κ1) is 20.5. The van der Waals surface area contributed by atoms with Gasteiger partial charge < -0.3 is 24.9 Å². The van der Waals surface area contributed by atoms with Gasteiger partial charge >= 0.3 is 29.6 Å². The fraction of sp³-hybridized carbons (Fsp3) is 0.250. The van der Waals surface area contributed by atoms with Gasteiger partial charge in [-0.05, 0) is 31.0 Å². The zero-order chi connectivity index (χ0) is 17.8. The van der Waals surface area contributed by atoms with E-state index in [1.807, 2.05) is 55.6 Å². The molecule has 2 aromatic carbocycles. The van der Waals surface area contributed by atoms with Crippen LogP contribution in [0.2, 0.25) is 0 Å². The Morgan fingerprint density at radius 3 is 2.73 bits per heavy atom. The number of aromatic nitrogens is 1. The summed E-state index contributed by atoms with van der Waals surface area (Å²) in [5.41, 5.74) is 3.97. The van der Waals surface area contributed by atoms with Gasteiger partial charge in [-0.15, -0.1) is 0 Å². The number of carbonyl (C=O) groups is 1. The molecule has 26 heavy (non-hydrogen) atoms. The third-order valence-corrected chi connectivity index (χ3v) is 4.36. The van der Waals surface area contributed by atoms with Crippen molar-refractivity contribution in [3.8, 4) is 5.75 Å². The van der Waals surface area contributed by atoms with Crippen LogP contribution in [-0.4, -0.2) is 24.1 Å². The number of hydrogen-bond acceptors (Lipinski definition) is 4. The van der Waals surface area contributed by atoms with E-state index < -0.39 is 12.0 Å².